The fourth-order valence-corrected chi connectivity index (χ4v) is 2.45. The summed E-state index contributed by atoms with van der Waals surface area (Å²) in [5.74, 6) is -1.89. The molecule has 2 bridgehead atoms. The summed E-state index contributed by atoms with van der Waals surface area (Å²) in [5.41, 5.74) is 5.83. The number of esters is 1. The van der Waals surface area contributed by atoms with Crippen molar-refractivity contribution in [1.29, 1.82) is 0 Å². The second-order valence-corrected chi connectivity index (χ2v) is 4.72. The van der Waals surface area contributed by atoms with Crippen LogP contribution < -0.4 is 5.73 Å². The Labute approximate surface area is 120 Å². The molecule has 0 unspecified atom stereocenters. The number of amides is 3. The average Bonchev–Trinajstić information content (AvgIpc) is 2.64. The number of hydrogen-bond acceptors (Lipinski definition) is 5. The van der Waals surface area contributed by atoms with Crippen molar-refractivity contribution in [2.24, 2.45) is 5.73 Å². The highest BCUT2D eigenvalue weighted by Crippen LogP contribution is 2.29. The second-order valence-electron chi connectivity index (χ2n) is 4.72. The fraction of sp³-hybridized carbons (Fsp3) is 0.583. The molecular weight excluding hydrogens is 285 g/mol. The Morgan fingerprint density at radius 3 is 2.81 bits per heavy atom. The number of hydrogen-bond donors (Lipinski definition) is 1. The van der Waals surface area contributed by atoms with Gasteiger partial charge in [0.25, 0.3) is 0 Å². The van der Waals surface area contributed by atoms with Gasteiger partial charge in [0, 0.05) is 0 Å². The van der Waals surface area contributed by atoms with E-state index in [0.29, 0.717) is 5.57 Å². The summed E-state index contributed by atoms with van der Waals surface area (Å²) in [6.07, 6.45) is -0.815. The normalized spacial score (nSPS) is 25.7. The molecule has 3 atom stereocenters. The quantitative estimate of drug-likeness (QED) is 0.554. The third-order valence-corrected chi connectivity index (χ3v) is 3.26. The van der Waals surface area contributed by atoms with Gasteiger partial charge < -0.3 is 15.4 Å². The molecule has 0 aliphatic carbocycles. The number of nitrogens with zero attached hydrogens (tertiary/aromatic N) is 2. The molecule has 2 rings (SSSR count). The van der Waals surface area contributed by atoms with Crippen molar-refractivity contribution < 1.29 is 28.3 Å². The van der Waals surface area contributed by atoms with E-state index in [9.17, 15) is 18.8 Å². The number of fused-ring (bicyclic) bond motifs is 2. The first-order valence-corrected chi connectivity index (χ1v) is 6.41. The maximum atomic E-state index is 13.6. The fourth-order valence-electron chi connectivity index (χ4n) is 2.45. The number of alkyl halides is 1. The number of ether oxygens (including phenoxy) is 1. The van der Waals surface area contributed by atoms with Crippen LogP contribution in [0.1, 0.15) is 13.8 Å². The molecule has 0 aromatic rings. The van der Waals surface area contributed by atoms with Crippen LogP contribution in [0.2, 0.25) is 0 Å². The van der Waals surface area contributed by atoms with Crippen molar-refractivity contribution in [3.8, 4) is 0 Å². The summed E-state index contributed by atoms with van der Waals surface area (Å²) in [6, 6.07) is -2.19. The highest BCUT2D eigenvalue weighted by Gasteiger charge is 2.48. The molecule has 2 heterocycles. The summed E-state index contributed by atoms with van der Waals surface area (Å²) in [4.78, 5) is 40.6. The van der Waals surface area contributed by atoms with Gasteiger partial charge in [-0.15, -0.1) is 0 Å². The topological polar surface area (TPSA) is 102 Å². The first-order chi connectivity index (χ1) is 9.86. The molecule has 2 aliphatic rings. The highest BCUT2D eigenvalue weighted by atomic mass is 19.1. The van der Waals surface area contributed by atoms with Gasteiger partial charge in [-0.3, -0.25) is 4.79 Å². The average molecular weight is 301 g/mol. The minimum Gasteiger partial charge on any atom is -0.462 e. The molecule has 0 aromatic heterocycles. The highest BCUT2D eigenvalue weighted by molar-refractivity contribution is 5.90. The second kappa shape index (κ2) is 5.68. The number of urea groups is 1. The maximum absolute atomic E-state index is 13.6. The van der Waals surface area contributed by atoms with Crippen molar-refractivity contribution in [3.05, 3.63) is 11.6 Å². The third kappa shape index (κ3) is 2.68. The Morgan fingerprint density at radius 1 is 1.57 bits per heavy atom. The van der Waals surface area contributed by atoms with Gasteiger partial charge in [0.2, 0.25) is 5.91 Å². The number of carbonyl (C=O) groups excluding carboxylic acids is 3. The van der Waals surface area contributed by atoms with Crippen molar-refractivity contribution in [2.75, 3.05) is 13.2 Å². The smallest absolute Gasteiger partial charge is 0.370 e. The summed E-state index contributed by atoms with van der Waals surface area (Å²) >= 11 is 0. The van der Waals surface area contributed by atoms with Gasteiger partial charge in [-0.1, -0.05) is 6.08 Å². The summed E-state index contributed by atoms with van der Waals surface area (Å²) < 4.78 is 18.1. The zero-order chi connectivity index (χ0) is 15.7. The Morgan fingerprint density at radius 2 is 2.24 bits per heavy atom. The van der Waals surface area contributed by atoms with Crippen LogP contribution in [0.4, 0.5) is 9.18 Å². The van der Waals surface area contributed by atoms with E-state index in [1.165, 1.54) is 11.8 Å². The van der Waals surface area contributed by atoms with Crippen LogP contribution in [0.5, 0.6) is 0 Å². The van der Waals surface area contributed by atoms with Gasteiger partial charge in [-0.25, -0.2) is 18.8 Å². The third-order valence-electron chi connectivity index (χ3n) is 3.26. The lowest BCUT2D eigenvalue weighted by molar-refractivity contribution is -0.223. The first-order valence-electron chi connectivity index (χ1n) is 6.41. The van der Waals surface area contributed by atoms with E-state index >= 15 is 0 Å². The summed E-state index contributed by atoms with van der Waals surface area (Å²) in [7, 11) is 0. The minimum atomic E-state index is -2.41. The molecular formula is C12H16FN3O5. The maximum Gasteiger partial charge on any atom is 0.370 e. The van der Waals surface area contributed by atoms with Gasteiger partial charge in [-0.2, -0.15) is 5.06 Å². The molecule has 0 saturated carbocycles. The number of carbonyl (C=O) groups is 3. The largest absolute Gasteiger partial charge is 0.462 e. The number of rotatable bonds is 5. The molecule has 0 radical (unpaired) electrons. The number of nitrogens with two attached hydrogens (primary N) is 1. The van der Waals surface area contributed by atoms with Gasteiger partial charge >= 0.3 is 18.4 Å². The summed E-state index contributed by atoms with van der Waals surface area (Å²) in [5, 5.41) is 0.730. The zero-order valence-electron chi connectivity index (χ0n) is 11.6. The molecule has 21 heavy (non-hydrogen) atoms. The molecule has 2 N–H and O–H groups in total. The van der Waals surface area contributed by atoms with Gasteiger partial charge in [0.1, 0.15) is 6.04 Å². The monoisotopic (exact) mass is 301 g/mol. The van der Waals surface area contributed by atoms with Crippen molar-refractivity contribution in [2.45, 2.75) is 32.3 Å². The van der Waals surface area contributed by atoms with E-state index in [-0.39, 0.29) is 13.2 Å². The molecule has 1 saturated heterocycles. The van der Waals surface area contributed by atoms with E-state index in [0.717, 1.165) is 5.06 Å². The zero-order valence-corrected chi connectivity index (χ0v) is 11.6. The Bertz CT molecular complexity index is 509. The molecule has 0 spiro atoms. The predicted molar refractivity (Wildman–Crippen MR) is 67.1 cm³/mol. The SMILES string of the molecule is CCOC(=O)[C@H](F)ON1C(=O)N2C[C@H]1C=C(C)[C@H]2C(N)=O. The lowest BCUT2D eigenvalue weighted by Gasteiger charge is -2.27. The van der Waals surface area contributed by atoms with Gasteiger partial charge in [-0.05, 0) is 19.4 Å². The van der Waals surface area contributed by atoms with Crippen LogP contribution in [-0.2, 0) is 19.2 Å². The lowest BCUT2D eigenvalue weighted by atomic mass is 10.0. The van der Waals surface area contributed by atoms with E-state index in [2.05, 4.69) is 4.74 Å². The van der Waals surface area contributed by atoms with Crippen LogP contribution in [0.25, 0.3) is 0 Å². The molecule has 0 aromatic carbocycles. The van der Waals surface area contributed by atoms with Crippen LogP contribution in [0.3, 0.4) is 0 Å². The Hall–Kier alpha value is -2.16. The molecule has 8 nitrogen and oxygen atoms in total. The van der Waals surface area contributed by atoms with Crippen LogP contribution in [-0.4, -0.2) is 59.5 Å². The van der Waals surface area contributed by atoms with Crippen LogP contribution >= 0.6 is 0 Å². The first kappa shape index (κ1) is 15.2. The molecule has 9 heteroatoms. The minimum absolute atomic E-state index is 0.00509. The van der Waals surface area contributed by atoms with Crippen LogP contribution in [0.15, 0.2) is 11.6 Å². The molecule has 116 valence electrons. The van der Waals surface area contributed by atoms with E-state index in [1.807, 2.05) is 0 Å². The van der Waals surface area contributed by atoms with Crippen molar-refractivity contribution in [1.82, 2.24) is 9.96 Å². The lowest BCUT2D eigenvalue weighted by Crippen LogP contribution is -2.48. The van der Waals surface area contributed by atoms with Crippen LogP contribution in [0, 0.1) is 0 Å². The van der Waals surface area contributed by atoms with Gasteiger partial charge in [0.05, 0.1) is 19.2 Å². The van der Waals surface area contributed by atoms with E-state index in [1.54, 1.807) is 13.0 Å². The number of hydroxylamine groups is 2. The number of primary amides is 1. The van der Waals surface area contributed by atoms with Crippen molar-refractivity contribution in [3.63, 3.8) is 0 Å². The summed E-state index contributed by atoms with van der Waals surface area (Å²) in [6.45, 7) is 3.30. The van der Waals surface area contributed by atoms with Crippen molar-refractivity contribution >= 4 is 17.9 Å². The van der Waals surface area contributed by atoms with E-state index in [4.69, 9.17) is 10.6 Å². The molecule has 1 fully saturated rings. The molecule has 2 aliphatic heterocycles. The molecule has 3 amide bonds. The van der Waals surface area contributed by atoms with Gasteiger partial charge in [0.15, 0.2) is 0 Å². The number of halogens is 1. The Kier molecular flexibility index (Phi) is 4.12. The predicted octanol–water partition coefficient (Wildman–Crippen LogP) is -0.303. The van der Waals surface area contributed by atoms with E-state index < -0.39 is 36.3 Å². The standard InChI is InChI=1S/C12H16FN3O5/c1-3-20-11(18)9(13)21-16-7-4-6(2)8(10(14)17)15(5-7)12(16)19/h4,7-9H,3,5H2,1-2H3,(H2,14,17)/t7-,8+,9-/m1/s1. The Balaban J connectivity index is 2.13.